The lowest BCUT2D eigenvalue weighted by Crippen LogP contribution is -2.31. The van der Waals surface area contributed by atoms with Gasteiger partial charge in [0.05, 0.1) is 12.2 Å². The largest absolute Gasteiger partial charge is 0.733 e. The predicted octanol–water partition coefficient (Wildman–Crippen LogP) is -1.18. The van der Waals surface area contributed by atoms with Gasteiger partial charge in [0.25, 0.3) is 5.91 Å². The highest BCUT2D eigenvalue weighted by atomic mass is 16.8. The maximum Gasteiger partial charge on any atom is 0.265 e. The molecule has 98 valence electrons. The average molecular weight is 254 g/mol. The molecule has 1 aromatic carbocycles. The van der Waals surface area contributed by atoms with Crippen LogP contribution in [0.15, 0.2) is 18.2 Å². The van der Waals surface area contributed by atoms with Crippen molar-refractivity contribution in [1.82, 2.24) is 10.4 Å². The molecule has 18 heavy (non-hydrogen) atoms. The van der Waals surface area contributed by atoms with Crippen molar-refractivity contribution in [2.24, 2.45) is 11.7 Å². The minimum atomic E-state index is -0.644. The number of nitrogen functional groups attached to an aromatic ring is 1. The predicted molar refractivity (Wildman–Crippen MR) is 61.5 cm³/mol. The number of carbonyl (C=O) groups is 2. The van der Waals surface area contributed by atoms with Crippen molar-refractivity contribution >= 4 is 18.0 Å². The standard InChI is InChI=1S/C9H12N5O4/c10-12-9(16)7-1-6(4-13(11)5-15)2-8(3-7)14(17)18/h1-3,5,17H,4,10-11H2,(H,12,16)/q-1. The van der Waals surface area contributed by atoms with Crippen LogP contribution in [0.25, 0.3) is 0 Å². The Bertz CT molecular complexity index is 451. The summed E-state index contributed by atoms with van der Waals surface area (Å²) < 4.78 is 0. The lowest BCUT2D eigenvalue weighted by atomic mass is 10.1. The van der Waals surface area contributed by atoms with E-state index in [1.165, 1.54) is 12.1 Å². The summed E-state index contributed by atoms with van der Waals surface area (Å²) in [6.45, 7) is -0.0317. The molecular formula is C9H12N5O4-. The Morgan fingerprint density at radius 3 is 2.67 bits per heavy atom. The highest BCUT2D eigenvalue weighted by Gasteiger charge is 2.09. The molecule has 0 aromatic heterocycles. The Balaban J connectivity index is 3.13. The molecule has 0 atom stereocenters. The van der Waals surface area contributed by atoms with Gasteiger partial charge in [0.15, 0.2) is 0 Å². The molecule has 0 radical (unpaired) electrons. The van der Waals surface area contributed by atoms with Gasteiger partial charge in [0.2, 0.25) is 6.41 Å². The molecule has 0 heterocycles. The first-order chi connectivity index (χ1) is 8.47. The van der Waals surface area contributed by atoms with Gasteiger partial charge < -0.3 is 10.4 Å². The molecule has 1 rings (SSSR count). The van der Waals surface area contributed by atoms with Gasteiger partial charge in [-0.3, -0.25) is 25.2 Å². The summed E-state index contributed by atoms with van der Waals surface area (Å²) in [5.74, 6) is 9.59. The number of hydrazine groups is 2. The summed E-state index contributed by atoms with van der Waals surface area (Å²) in [4.78, 5) is 21.7. The van der Waals surface area contributed by atoms with Crippen LogP contribution in [0.3, 0.4) is 0 Å². The number of nitrogens with zero attached hydrogens (tertiary/aromatic N) is 2. The van der Waals surface area contributed by atoms with Gasteiger partial charge in [0.1, 0.15) is 0 Å². The molecule has 0 saturated heterocycles. The molecule has 0 fully saturated rings. The van der Waals surface area contributed by atoms with E-state index in [9.17, 15) is 14.8 Å². The van der Waals surface area contributed by atoms with E-state index in [2.05, 4.69) is 0 Å². The minimum absolute atomic E-state index is 0.0317. The number of benzene rings is 1. The zero-order valence-electron chi connectivity index (χ0n) is 9.24. The molecular weight excluding hydrogens is 242 g/mol. The molecule has 9 heteroatoms. The van der Waals surface area contributed by atoms with Crippen LogP contribution in [0.4, 0.5) is 5.69 Å². The van der Waals surface area contributed by atoms with Crippen LogP contribution >= 0.6 is 0 Å². The van der Waals surface area contributed by atoms with E-state index in [-0.39, 0.29) is 17.8 Å². The molecule has 9 nitrogen and oxygen atoms in total. The van der Waals surface area contributed by atoms with Crippen LogP contribution in [0.1, 0.15) is 15.9 Å². The van der Waals surface area contributed by atoms with Crippen LogP contribution < -0.4 is 22.3 Å². The van der Waals surface area contributed by atoms with Crippen LogP contribution in [0.5, 0.6) is 0 Å². The van der Waals surface area contributed by atoms with E-state index in [1.54, 1.807) is 0 Å². The number of hydrogen-bond donors (Lipinski definition) is 4. The van der Waals surface area contributed by atoms with Crippen LogP contribution in [-0.4, -0.2) is 22.5 Å². The molecule has 6 N–H and O–H groups in total. The van der Waals surface area contributed by atoms with Gasteiger partial charge in [0, 0.05) is 5.56 Å². The molecule has 0 aliphatic rings. The Hall–Kier alpha value is -2.20. The highest BCUT2D eigenvalue weighted by molar-refractivity contribution is 5.95. The summed E-state index contributed by atoms with van der Waals surface area (Å²) in [5, 5.41) is 20.0. The SMILES string of the molecule is NNC(=O)c1cc(CN(N)C=O)cc(N([O-])O)c1. The third kappa shape index (κ3) is 3.40. The Morgan fingerprint density at radius 1 is 1.50 bits per heavy atom. The van der Waals surface area contributed by atoms with Gasteiger partial charge in [-0.25, -0.2) is 11.7 Å². The van der Waals surface area contributed by atoms with E-state index < -0.39 is 11.1 Å². The van der Waals surface area contributed by atoms with Gasteiger partial charge >= 0.3 is 0 Å². The third-order valence-electron chi connectivity index (χ3n) is 2.09. The van der Waals surface area contributed by atoms with Crippen LogP contribution in [0.2, 0.25) is 0 Å². The van der Waals surface area contributed by atoms with E-state index in [0.717, 1.165) is 11.1 Å². The summed E-state index contributed by atoms with van der Waals surface area (Å²) in [6, 6.07) is 3.81. The average Bonchev–Trinajstić information content (AvgIpc) is 2.37. The van der Waals surface area contributed by atoms with E-state index in [0.29, 0.717) is 12.0 Å². The zero-order valence-corrected chi connectivity index (χ0v) is 9.24. The van der Waals surface area contributed by atoms with Crippen molar-refractivity contribution in [2.75, 3.05) is 5.23 Å². The molecule has 1 aromatic rings. The smallest absolute Gasteiger partial charge is 0.265 e. The fourth-order valence-electron chi connectivity index (χ4n) is 1.34. The van der Waals surface area contributed by atoms with Crippen molar-refractivity contribution in [2.45, 2.75) is 6.54 Å². The molecule has 0 spiro atoms. The number of rotatable bonds is 5. The summed E-state index contributed by atoms with van der Waals surface area (Å²) >= 11 is 0. The highest BCUT2D eigenvalue weighted by Crippen LogP contribution is 2.18. The number of carbonyl (C=O) groups excluding carboxylic acids is 2. The molecule has 0 aliphatic heterocycles. The lowest BCUT2D eigenvalue weighted by Gasteiger charge is -2.23. The number of nitrogens with two attached hydrogens (primary N) is 2. The molecule has 2 amide bonds. The zero-order chi connectivity index (χ0) is 13.7. The fourth-order valence-corrected chi connectivity index (χ4v) is 1.34. The van der Waals surface area contributed by atoms with E-state index in [1.807, 2.05) is 5.43 Å². The van der Waals surface area contributed by atoms with Crippen molar-refractivity contribution in [3.63, 3.8) is 0 Å². The molecule has 0 bridgehead atoms. The van der Waals surface area contributed by atoms with Gasteiger partial charge in [-0.1, -0.05) is 0 Å². The quantitative estimate of drug-likeness (QED) is 0.223. The Labute approximate surface area is 102 Å². The number of hydrogen-bond acceptors (Lipinski definition) is 7. The topological polar surface area (TPSA) is 148 Å². The second-order valence-electron chi connectivity index (χ2n) is 3.41. The normalized spacial score (nSPS) is 9.78. The van der Waals surface area contributed by atoms with Crippen molar-refractivity contribution in [3.8, 4) is 0 Å². The summed E-state index contributed by atoms with van der Waals surface area (Å²) in [6.07, 6.45) is 0.378. The summed E-state index contributed by atoms with van der Waals surface area (Å²) in [7, 11) is 0. The van der Waals surface area contributed by atoms with Gasteiger partial charge in [-0.2, -0.15) is 0 Å². The first-order valence-corrected chi connectivity index (χ1v) is 4.75. The number of amides is 2. The van der Waals surface area contributed by atoms with Crippen molar-refractivity contribution in [1.29, 1.82) is 0 Å². The number of nitrogens with one attached hydrogen (secondary N) is 1. The van der Waals surface area contributed by atoms with Gasteiger partial charge in [-0.05, 0) is 23.8 Å². The second-order valence-corrected chi connectivity index (χ2v) is 3.41. The maximum absolute atomic E-state index is 11.3. The van der Waals surface area contributed by atoms with Crippen molar-refractivity contribution < 1.29 is 14.8 Å². The third-order valence-corrected chi connectivity index (χ3v) is 2.09. The van der Waals surface area contributed by atoms with Gasteiger partial charge in [-0.15, -0.1) is 0 Å². The van der Waals surface area contributed by atoms with Crippen LogP contribution in [0, 0.1) is 5.21 Å². The monoisotopic (exact) mass is 254 g/mol. The summed E-state index contributed by atoms with van der Waals surface area (Å²) in [5.41, 5.74) is 2.15. The number of anilines is 1. The fraction of sp³-hybridized carbons (Fsp3) is 0.111. The molecule has 0 unspecified atom stereocenters. The first kappa shape index (κ1) is 13.9. The first-order valence-electron chi connectivity index (χ1n) is 4.75. The van der Waals surface area contributed by atoms with E-state index in [4.69, 9.17) is 16.9 Å². The maximum atomic E-state index is 11.3. The minimum Gasteiger partial charge on any atom is -0.733 e. The Morgan fingerprint density at radius 2 is 2.17 bits per heavy atom. The Kier molecular flexibility index (Phi) is 4.57. The van der Waals surface area contributed by atoms with Crippen LogP contribution in [-0.2, 0) is 11.3 Å². The lowest BCUT2D eigenvalue weighted by molar-refractivity contribution is -0.118. The van der Waals surface area contributed by atoms with E-state index >= 15 is 0 Å². The second kappa shape index (κ2) is 5.93. The molecule has 0 saturated carbocycles. The van der Waals surface area contributed by atoms with Crippen molar-refractivity contribution in [3.05, 3.63) is 34.5 Å². The molecule has 0 aliphatic carbocycles.